The standard InChI is InChI=1S/C24H29N3O5S2/c1-4-17-20(23(30)31-3)21(18-9-7-11-33-18)27-16(14-34-24(27)25-17)12-19(28)26-10-6-8-15(13-26)22(29)32-5-2/h7,9,11,14-15,21H,4-6,8,10,12-13H2,1-3H3. The number of ether oxygens (including phenoxy) is 2. The number of hydrogen-bond acceptors (Lipinski definition) is 9. The van der Waals surface area contributed by atoms with Crippen LogP contribution in [0.25, 0.3) is 0 Å². The number of carbonyl (C=O) groups excluding carboxylic acids is 3. The van der Waals surface area contributed by atoms with Gasteiger partial charge in [0.05, 0.1) is 37.3 Å². The van der Waals surface area contributed by atoms with E-state index in [9.17, 15) is 14.4 Å². The molecule has 3 aliphatic heterocycles. The van der Waals surface area contributed by atoms with Gasteiger partial charge in [0.2, 0.25) is 5.91 Å². The maximum atomic E-state index is 13.3. The van der Waals surface area contributed by atoms with Crippen LogP contribution in [0.1, 0.15) is 50.4 Å². The maximum Gasteiger partial charge on any atom is 0.338 e. The van der Waals surface area contributed by atoms with Crippen LogP contribution in [0.4, 0.5) is 0 Å². The third kappa shape index (κ3) is 4.79. The lowest BCUT2D eigenvalue weighted by Gasteiger charge is -2.37. The third-order valence-electron chi connectivity index (χ3n) is 6.17. The molecular weight excluding hydrogens is 474 g/mol. The van der Waals surface area contributed by atoms with E-state index >= 15 is 0 Å². The van der Waals surface area contributed by atoms with Gasteiger partial charge in [0.25, 0.3) is 0 Å². The van der Waals surface area contributed by atoms with Crippen molar-refractivity contribution in [1.29, 1.82) is 0 Å². The largest absolute Gasteiger partial charge is 0.466 e. The zero-order valence-corrected chi connectivity index (χ0v) is 21.2. The first kappa shape index (κ1) is 24.5. The number of amides is 1. The summed E-state index contributed by atoms with van der Waals surface area (Å²) in [5.74, 6) is -0.971. The molecule has 10 heteroatoms. The van der Waals surface area contributed by atoms with Crippen LogP contribution < -0.4 is 0 Å². The van der Waals surface area contributed by atoms with E-state index in [0.717, 1.165) is 28.6 Å². The molecule has 1 fully saturated rings. The summed E-state index contributed by atoms with van der Waals surface area (Å²) in [4.78, 5) is 47.8. The zero-order valence-electron chi connectivity index (χ0n) is 19.6. The molecule has 1 aromatic heterocycles. The summed E-state index contributed by atoms with van der Waals surface area (Å²) in [6, 6.07) is 3.55. The normalized spacial score (nSPS) is 22.2. The van der Waals surface area contributed by atoms with Gasteiger partial charge in [-0.15, -0.1) is 11.3 Å². The Bertz CT molecular complexity index is 1050. The van der Waals surface area contributed by atoms with Gasteiger partial charge >= 0.3 is 11.9 Å². The average Bonchev–Trinajstić information content (AvgIpc) is 3.53. The molecular formula is C24H29N3O5S2. The Hall–Kier alpha value is -2.59. The molecule has 34 heavy (non-hydrogen) atoms. The van der Waals surface area contributed by atoms with E-state index in [1.54, 1.807) is 23.2 Å². The quantitative estimate of drug-likeness (QED) is 0.518. The minimum Gasteiger partial charge on any atom is -0.466 e. The fourth-order valence-electron chi connectivity index (χ4n) is 4.55. The Morgan fingerprint density at radius 2 is 2.09 bits per heavy atom. The first-order chi connectivity index (χ1) is 16.5. The van der Waals surface area contributed by atoms with E-state index < -0.39 is 12.0 Å². The number of piperidine rings is 1. The van der Waals surface area contributed by atoms with Gasteiger partial charge in [0.15, 0.2) is 5.17 Å². The van der Waals surface area contributed by atoms with E-state index in [-0.39, 0.29) is 24.2 Å². The summed E-state index contributed by atoms with van der Waals surface area (Å²) < 4.78 is 10.3. The molecule has 1 amide bonds. The first-order valence-corrected chi connectivity index (χ1v) is 13.3. The smallest absolute Gasteiger partial charge is 0.338 e. The highest BCUT2D eigenvalue weighted by Crippen LogP contribution is 2.46. The van der Waals surface area contributed by atoms with Gasteiger partial charge < -0.3 is 19.3 Å². The molecule has 182 valence electrons. The van der Waals surface area contributed by atoms with Crippen LogP contribution in [-0.2, 0) is 23.9 Å². The van der Waals surface area contributed by atoms with Crippen LogP contribution >= 0.6 is 23.1 Å². The second-order valence-electron chi connectivity index (χ2n) is 8.22. The number of allylic oxidation sites excluding steroid dienone is 1. The number of thiophene rings is 1. The number of thioether (sulfide) groups is 1. The van der Waals surface area contributed by atoms with Crippen molar-refractivity contribution in [2.75, 3.05) is 26.8 Å². The summed E-state index contributed by atoms with van der Waals surface area (Å²) in [5.41, 5.74) is 2.01. The van der Waals surface area contributed by atoms with Crippen LogP contribution in [0.3, 0.4) is 0 Å². The van der Waals surface area contributed by atoms with E-state index in [4.69, 9.17) is 14.5 Å². The highest BCUT2D eigenvalue weighted by molar-refractivity contribution is 8.16. The topological polar surface area (TPSA) is 88.5 Å². The van der Waals surface area contributed by atoms with E-state index in [1.165, 1.54) is 18.9 Å². The lowest BCUT2D eigenvalue weighted by Crippen LogP contribution is -2.44. The number of rotatable bonds is 7. The van der Waals surface area contributed by atoms with Crippen LogP contribution in [0.5, 0.6) is 0 Å². The molecule has 4 heterocycles. The second kappa shape index (κ2) is 10.8. The summed E-state index contributed by atoms with van der Waals surface area (Å²) in [5, 5.41) is 4.67. The molecule has 0 aliphatic carbocycles. The Kier molecular flexibility index (Phi) is 7.77. The molecule has 0 radical (unpaired) electrons. The molecule has 0 spiro atoms. The number of amidine groups is 1. The maximum absolute atomic E-state index is 13.3. The van der Waals surface area contributed by atoms with Crippen molar-refractivity contribution in [3.63, 3.8) is 0 Å². The predicted octanol–water partition coefficient (Wildman–Crippen LogP) is 4.08. The Morgan fingerprint density at radius 3 is 2.76 bits per heavy atom. The monoisotopic (exact) mass is 503 g/mol. The third-order valence-corrected chi connectivity index (χ3v) is 7.98. The number of likely N-dealkylation sites (tertiary alicyclic amines) is 1. The molecule has 4 rings (SSSR count). The number of aliphatic imine (C=N–C) groups is 1. The first-order valence-electron chi connectivity index (χ1n) is 11.5. The van der Waals surface area contributed by atoms with Gasteiger partial charge in [-0.2, -0.15) is 0 Å². The molecule has 0 saturated carbocycles. The Morgan fingerprint density at radius 1 is 1.26 bits per heavy atom. The molecule has 2 atom stereocenters. The van der Waals surface area contributed by atoms with E-state index in [0.29, 0.717) is 37.4 Å². The number of fused-ring (bicyclic) bond motifs is 1. The molecule has 1 aromatic rings. The minimum atomic E-state index is -0.408. The van der Waals surface area contributed by atoms with Gasteiger partial charge in [0, 0.05) is 23.7 Å². The van der Waals surface area contributed by atoms with Crippen molar-refractivity contribution in [3.05, 3.63) is 44.8 Å². The summed E-state index contributed by atoms with van der Waals surface area (Å²) >= 11 is 3.02. The van der Waals surface area contributed by atoms with Crippen LogP contribution in [0.2, 0.25) is 0 Å². The summed E-state index contributed by atoms with van der Waals surface area (Å²) in [6.45, 7) is 5.09. The van der Waals surface area contributed by atoms with Gasteiger partial charge in [-0.1, -0.05) is 24.8 Å². The molecule has 2 unspecified atom stereocenters. The van der Waals surface area contributed by atoms with Crippen molar-refractivity contribution in [2.24, 2.45) is 10.9 Å². The lowest BCUT2D eigenvalue weighted by atomic mass is 9.97. The van der Waals surface area contributed by atoms with Gasteiger partial charge in [-0.05, 0) is 43.0 Å². The van der Waals surface area contributed by atoms with Crippen molar-refractivity contribution in [3.8, 4) is 0 Å². The number of carbonyl (C=O) groups is 3. The molecule has 0 bridgehead atoms. The van der Waals surface area contributed by atoms with Gasteiger partial charge in [-0.25, -0.2) is 9.79 Å². The predicted molar refractivity (Wildman–Crippen MR) is 132 cm³/mol. The SMILES string of the molecule is CCOC(=O)C1CCCN(C(=O)CC2=CSC3=NC(CC)=C(C(=O)OC)C(c4cccs4)N23)C1. The number of nitrogens with zero attached hydrogens (tertiary/aromatic N) is 3. The second-order valence-corrected chi connectivity index (χ2v) is 10.0. The Labute approximate surface area is 207 Å². The summed E-state index contributed by atoms with van der Waals surface area (Å²) in [7, 11) is 1.38. The fourth-order valence-corrected chi connectivity index (χ4v) is 6.31. The minimum absolute atomic E-state index is 0.0445. The molecule has 0 aromatic carbocycles. The van der Waals surface area contributed by atoms with Crippen molar-refractivity contribution < 1.29 is 23.9 Å². The highest BCUT2D eigenvalue weighted by Gasteiger charge is 2.42. The van der Waals surface area contributed by atoms with Crippen LogP contribution in [0.15, 0.2) is 44.9 Å². The molecule has 0 N–H and O–H groups in total. The Balaban J connectivity index is 1.58. The lowest BCUT2D eigenvalue weighted by molar-refractivity contribution is -0.151. The van der Waals surface area contributed by atoms with Crippen molar-refractivity contribution in [1.82, 2.24) is 9.80 Å². The van der Waals surface area contributed by atoms with Crippen molar-refractivity contribution in [2.45, 2.75) is 45.6 Å². The average molecular weight is 504 g/mol. The van der Waals surface area contributed by atoms with E-state index in [1.807, 2.05) is 34.7 Å². The van der Waals surface area contributed by atoms with Crippen molar-refractivity contribution >= 4 is 46.1 Å². The number of methoxy groups -OCH3 is 1. The fraction of sp³-hybridized carbons (Fsp3) is 0.500. The van der Waals surface area contributed by atoms with Gasteiger partial charge in [0.1, 0.15) is 6.04 Å². The van der Waals surface area contributed by atoms with Crippen LogP contribution in [0, 0.1) is 5.92 Å². The molecule has 3 aliphatic rings. The number of hydrogen-bond donors (Lipinski definition) is 0. The summed E-state index contributed by atoms with van der Waals surface area (Å²) in [6.07, 6.45) is 2.27. The molecule has 8 nitrogen and oxygen atoms in total. The zero-order chi connectivity index (χ0) is 24.2. The van der Waals surface area contributed by atoms with Gasteiger partial charge in [-0.3, -0.25) is 9.59 Å². The number of esters is 2. The van der Waals surface area contributed by atoms with Crippen LogP contribution in [-0.4, -0.2) is 59.6 Å². The highest BCUT2D eigenvalue weighted by atomic mass is 32.2. The molecule has 1 saturated heterocycles. The van der Waals surface area contributed by atoms with E-state index in [2.05, 4.69) is 0 Å².